The predicted octanol–water partition coefficient (Wildman–Crippen LogP) is 4.22. The Labute approximate surface area is 246 Å². The van der Waals surface area contributed by atoms with Crippen molar-refractivity contribution in [3.8, 4) is 23.0 Å². The van der Waals surface area contributed by atoms with Crippen LogP contribution in [0.5, 0.6) is 23.0 Å². The Kier molecular flexibility index (Phi) is 7.08. The number of ether oxygens (including phenoxy) is 1. The minimum Gasteiger partial charge on any atom is -0.508 e. The van der Waals surface area contributed by atoms with Crippen molar-refractivity contribution in [1.29, 1.82) is 0 Å². The van der Waals surface area contributed by atoms with Crippen molar-refractivity contribution in [3.63, 3.8) is 0 Å². The number of carboxylic acid groups (broad SMARTS) is 1. The van der Waals surface area contributed by atoms with Gasteiger partial charge in [-0.25, -0.2) is 9.59 Å². The predicted molar refractivity (Wildman–Crippen MR) is 151 cm³/mol. The molecule has 5 rings (SSSR count). The van der Waals surface area contributed by atoms with Crippen LogP contribution in [-0.2, 0) is 4.74 Å². The normalized spacial score (nSPS) is 23.5. The molecular weight excluding hydrogens is 558 g/mol. The molecule has 3 aromatic rings. The number of amides is 1. The summed E-state index contributed by atoms with van der Waals surface area (Å²) < 4.78 is 5.98. The largest absolute Gasteiger partial charge is 0.508 e. The molecule has 43 heavy (non-hydrogen) atoms. The summed E-state index contributed by atoms with van der Waals surface area (Å²) in [4.78, 5) is 51.3. The van der Waals surface area contributed by atoms with Gasteiger partial charge in [-0.1, -0.05) is 26.8 Å². The molecule has 0 aliphatic heterocycles. The number of ketones is 1. The molecule has 3 unspecified atom stereocenters. The Morgan fingerprint density at radius 3 is 2.07 bits per heavy atom. The van der Waals surface area contributed by atoms with Crippen LogP contribution in [0.2, 0.25) is 0 Å². The van der Waals surface area contributed by atoms with Crippen molar-refractivity contribution in [2.45, 2.75) is 45.8 Å². The fourth-order valence-corrected chi connectivity index (χ4v) is 6.76. The van der Waals surface area contributed by atoms with E-state index in [0.717, 1.165) is 37.1 Å². The van der Waals surface area contributed by atoms with E-state index in [1.165, 1.54) is 30.3 Å². The highest BCUT2D eigenvalue weighted by Gasteiger charge is 2.68. The Bertz CT molecular complexity index is 1640. The van der Waals surface area contributed by atoms with Crippen LogP contribution in [0.25, 0.3) is 0 Å². The number of phenolic OH excluding ortho intramolecular Hbond substituents is 4. The van der Waals surface area contributed by atoms with E-state index in [9.17, 15) is 44.7 Å². The molecule has 224 valence electrons. The molecule has 4 atom stereocenters. The maximum absolute atomic E-state index is 13.4. The van der Waals surface area contributed by atoms with E-state index in [2.05, 4.69) is 19.2 Å². The molecule has 0 radical (unpaired) electrons. The first-order valence-corrected chi connectivity index (χ1v) is 13.6. The number of phenols is 4. The Balaban J connectivity index is 1.44. The third-order valence-electron chi connectivity index (χ3n) is 9.48. The number of carbonyl (C=O) groups is 4. The lowest BCUT2D eigenvalue weighted by Gasteiger charge is -2.39. The highest BCUT2D eigenvalue weighted by molar-refractivity contribution is 6.18. The summed E-state index contributed by atoms with van der Waals surface area (Å²) in [5.41, 5.74) is -2.70. The molecule has 11 heteroatoms. The van der Waals surface area contributed by atoms with E-state index in [1.54, 1.807) is 0 Å². The zero-order valence-corrected chi connectivity index (χ0v) is 23.6. The standard InChI is InChI=1S/C32H31NO10/c1-31(2)19-11-12-32(31,3)27(25(19)33-28(39)15-7-9-17(34)10-8-15)43-30(42)16-13-21(36)24(22(37)14-16)26(38)23-18(29(40)41)5-4-6-20(23)35/h4-10,13-14,19,25,27,34-37H,11-12H2,1-3H3,(H,33,39)(H,40,41)/t19?,25?,27?,32-/m0/s1. The van der Waals surface area contributed by atoms with Crippen LogP contribution < -0.4 is 5.32 Å². The summed E-state index contributed by atoms with van der Waals surface area (Å²) in [6.45, 7) is 6.10. The maximum atomic E-state index is 13.4. The average Bonchev–Trinajstić information content (AvgIpc) is 3.25. The minimum atomic E-state index is -1.51. The molecular formula is C32H31NO10. The van der Waals surface area contributed by atoms with Crippen molar-refractivity contribution in [1.82, 2.24) is 5.32 Å². The van der Waals surface area contributed by atoms with Crippen LogP contribution in [0.15, 0.2) is 54.6 Å². The number of rotatable bonds is 7. The van der Waals surface area contributed by atoms with Gasteiger partial charge in [-0.2, -0.15) is 0 Å². The lowest BCUT2D eigenvalue weighted by molar-refractivity contribution is -0.0326. The summed E-state index contributed by atoms with van der Waals surface area (Å²) in [6, 6.07) is 10.4. The van der Waals surface area contributed by atoms with E-state index in [0.29, 0.717) is 5.56 Å². The van der Waals surface area contributed by atoms with E-state index in [-0.39, 0.29) is 22.6 Å². The highest BCUT2D eigenvalue weighted by atomic mass is 16.5. The van der Waals surface area contributed by atoms with Gasteiger partial charge < -0.3 is 35.6 Å². The molecule has 6 N–H and O–H groups in total. The van der Waals surface area contributed by atoms with Crippen LogP contribution in [0.3, 0.4) is 0 Å². The summed E-state index contributed by atoms with van der Waals surface area (Å²) in [7, 11) is 0. The number of carboxylic acids is 1. The molecule has 0 saturated heterocycles. The molecule has 2 aliphatic carbocycles. The molecule has 1 amide bonds. The van der Waals surface area contributed by atoms with Crippen molar-refractivity contribution in [2.75, 3.05) is 0 Å². The van der Waals surface area contributed by atoms with Crippen LogP contribution >= 0.6 is 0 Å². The summed E-state index contributed by atoms with van der Waals surface area (Å²) in [6.07, 6.45) is 0.742. The van der Waals surface area contributed by atoms with Gasteiger partial charge in [0.2, 0.25) is 5.78 Å². The van der Waals surface area contributed by atoms with Crippen LogP contribution in [0.4, 0.5) is 0 Å². The zero-order valence-electron chi connectivity index (χ0n) is 23.6. The van der Waals surface area contributed by atoms with Crippen LogP contribution in [0.1, 0.15) is 80.6 Å². The van der Waals surface area contributed by atoms with Gasteiger partial charge in [-0.15, -0.1) is 0 Å². The van der Waals surface area contributed by atoms with E-state index in [1.807, 2.05) is 6.92 Å². The topological polar surface area (TPSA) is 191 Å². The second-order valence-electron chi connectivity index (χ2n) is 11.9. The van der Waals surface area contributed by atoms with Crippen molar-refractivity contribution in [2.24, 2.45) is 16.7 Å². The quantitative estimate of drug-likeness (QED) is 0.172. The lowest BCUT2D eigenvalue weighted by Crippen LogP contribution is -2.51. The molecule has 11 nitrogen and oxygen atoms in total. The first-order chi connectivity index (χ1) is 20.2. The van der Waals surface area contributed by atoms with Gasteiger partial charge in [0.25, 0.3) is 5.91 Å². The Morgan fingerprint density at radius 1 is 0.837 bits per heavy atom. The second-order valence-corrected chi connectivity index (χ2v) is 11.9. The second kappa shape index (κ2) is 10.3. The van der Waals surface area contributed by atoms with E-state index < -0.39 is 75.1 Å². The monoisotopic (exact) mass is 589 g/mol. The smallest absolute Gasteiger partial charge is 0.338 e. The first-order valence-electron chi connectivity index (χ1n) is 13.6. The van der Waals surface area contributed by atoms with Crippen molar-refractivity contribution < 1.29 is 49.4 Å². The molecule has 0 heterocycles. The summed E-state index contributed by atoms with van der Waals surface area (Å²) in [5.74, 6) is -6.32. The number of hydrogen-bond acceptors (Lipinski definition) is 9. The number of aromatic hydroxyl groups is 4. The lowest BCUT2D eigenvalue weighted by atomic mass is 9.70. The molecule has 2 bridgehead atoms. The first kappa shape index (κ1) is 29.4. The molecule has 2 saturated carbocycles. The maximum Gasteiger partial charge on any atom is 0.338 e. The third-order valence-corrected chi connectivity index (χ3v) is 9.48. The number of carbonyl (C=O) groups excluding carboxylic acids is 3. The van der Waals surface area contributed by atoms with Gasteiger partial charge in [0.05, 0.1) is 22.7 Å². The number of benzene rings is 3. The zero-order chi connectivity index (χ0) is 31.4. The minimum absolute atomic E-state index is 0.0130. The number of esters is 1. The van der Waals surface area contributed by atoms with Gasteiger partial charge in [-0.05, 0) is 72.7 Å². The molecule has 0 spiro atoms. The highest BCUT2D eigenvalue weighted by Crippen LogP contribution is 2.66. The van der Waals surface area contributed by atoms with Gasteiger partial charge >= 0.3 is 11.9 Å². The molecule has 2 aliphatic rings. The van der Waals surface area contributed by atoms with E-state index >= 15 is 0 Å². The fraction of sp³-hybridized carbons (Fsp3) is 0.312. The molecule has 0 aromatic heterocycles. The number of aromatic carboxylic acids is 1. The van der Waals surface area contributed by atoms with Gasteiger partial charge in [0.1, 0.15) is 34.7 Å². The summed E-state index contributed by atoms with van der Waals surface area (Å²) in [5, 5.41) is 53.6. The summed E-state index contributed by atoms with van der Waals surface area (Å²) >= 11 is 0. The number of hydrogen-bond donors (Lipinski definition) is 6. The molecule has 3 aromatic carbocycles. The SMILES string of the molecule is CC1(C)C2CC[C@@]1(C)C(OC(=O)c1cc(O)c(C(=O)c3c(O)cccc3C(=O)O)c(O)c1)C2NC(=O)c1ccc(O)cc1. The van der Waals surface area contributed by atoms with Gasteiger partial charge in [0, 0.05) is 11.0 Å². The van der Waals surface area contributed by atoms with E-state index in [4.69, 9.17) is 4.74 Å². The third kappa shape index (κ3) is 4.70. The van der Waals surface area contributed by atoms with Crippen molar-refractivity contribution in [3.05, 3.63) is 82.4 Å². The Hall–Kier alpha value is -5.06. The molecule has 2 fully saturated rings. The number of nitrogens with one attached hydrogen (secondary N) is 1. The van der Waals surface area contributed by atoms with Crippen LogP contribution in [-0.4, -0.2) is 61.3 Å². The fourth-order valence-electron chi connectivity index (χ4n) is 6.76. The number of fused-ring (bicyclic) bond motifs is 2. The van der Waals surface area contributed by atoms with Gasteiger partial charge in [0.15, 0.2) is 0 Å². The van der Waals surface area contributed by atoms with Crippen molar-refractivity contribution >= 4 is 23.6 Å². The Morgan fingerprint density at radius 2 is 1.47 bits per heavy atom. The average molecular weight is 590 g/mol. The van der Waals surface area contributed by atoms with Crippen LogP contribution in [0, 0.1) is 16.7 Å². The van der Waals surface area contributed by atoms with Gasteiger partial charge in [-0.3, -0.25) is 9.59 Å².